The molecule has 2 fully saturated rings. The van der Waals surface area contributed by atoms with Crippen LogP contribution in [0.15, 0.2) is 22.2 Å². The first-order chi connectivity index (χ1) is 19.0. The Morgan fingerprint density at radius 2 is 1.07 bits per heavy atom. The molecule has 4 aromatic heterocycles. The second-order valence-corrected chi connectivity index (χ2v) is 9.01. The Balaban J connectivity index is 0.000000281. The first-order valence-electron chi connectivity index (χ1n) is 11.7. The van der Waals surface area contributed by atoms with Gasteiger partial charge in [-0.2, -0.15) is 9.97 Å². The number of fused-ring (bicyclic) bond motifs is 2. The van der Waals surface area contributed by atoms with E-state index in [-0.39, 0.29) is 67.6 Å². The van der Waals surface area contributed by atoms with E-state index in [1.807, 2.05) is 0 Å². The summed E-state index contributed by atoms with van der Waals surface area (Å²) in [5.74, 6) is -0.202. The molecule has 2 aliphatic heterocycles. The van der Waals surface area contributed by atoms with Crippen LogP contribution in [0.4, 0.5) is 11.9 Å². The van der Waals surface area contributed by atoms with E-state index in [0.717, 1.165) is 0 Å². The predicted octanol–water partition coefficient (Wildman–Crippen LogP) is -3.94. The van der Waals surface area contributed by atoms with Gasteiger partial charge in [-0.15, -0.1) is 0 Å². The first-order valence-corrected chi connectivity index (χ1v) is 11.7. The molecular weight excluding hydrogens is 763 g/mol. The second-order valence-electron chi connectivity index (χ2n) is 9.01. The fourth-order valence-electron chi connectivity index (χ4n) is 4.48. The van der Waals surface area contributed by atoms with Crippen LogP contribution in [0.5, 0.6) is 0 Å². The molecule has 6 rings (SSSR count). The van der Waals surface area contributed by atoms with Crippen molar-refractivity contribution < 1.29 is 61.2 Å². The van der Waals surface area contributed by atoms with Crippen LogP contribution in [0.3, 0.4) is 0 Å². The van der Waals surface area contributed by atoms with E-state index >= 15 is 0 Å². The van der Waals surface area contributed by atoms with Crippen LogP contribution < -0.4 is 22.6 Å². The van der Waals surface area contributed by atoms with Crippen LogP contribution in [-0.2, 0) is 30.5 Å². The number of ether oxygens (including phenoxy) is 2. The number of H-pyrrole nitrogens is 2. The summed E-state index contributed by atoms with van der Waals surface area (Å²) in [6.45, 7) is -0.894. The minimum absolute atomic E-state index is 0. The molecular formula is C20H30N12O10Pt+2. The number of aliphatic hydroxyl groups excluding tert-OH is 6. The van der Waals surface area contributed by atoms with Gasteiger partial charge in [0.15, 0.2) is 34.8 Å². The molecule has 6 heterocycles. The van der Waals surface area contributed by atoms with Crippen molar-refractivity contribution in [3.63, 3.8) is 0 Å². The van der Waals surface area contributed by atoms with Gasteiger partial charge < -0.3 is 63.9 Å². The number of rotatable bonds is 4. The maximum atomic E-state index is 11.7. The second kappa shape index (κ2) is 13.9. The molecule has 0 amide bonds. The fraction of sp³-hybridized carbons (Fsp3) is 0.500. The number of imidazole rings is 2. The van der Waals surface area contributed by atoms with Crippen LogP contribution in [0, 0.1) is 0 Å². The van der Waals surface area contributed by atoms with Crippen molar-refractivity contribution in [2.75, 3.05) is 24.7 Å². The summed E-state index contributed by atoms with van der Waals surface area (Å²) in [5.41, 5.74) is 10.2. The molecule has 0 bridgehead atoms. The Morgan fingerprint density at radius 1 is 0.721 bits per heavy atom. The van der Waals surface area contributed by atoms with Gasteiger partial charge in [0.1, 0.15) is 36.6 Å². The molecule has 238 valence electrons. The molecule has 23 heteroatoms. The summed E-state index contributed by atoms with van der Waals surface area (Å²) in [5, 5.41) is 57.5. The van der Waals surface area contributed by atoms with Crippen molar-refractivity contribution in [1.82, 2.24) is 39.0 Å². The first kappa shape index (κ1) is 35.8. The molecule has 8 unspecified atom stereocenters. The number of hydrogen-bond acceptors (Lipinski definition) is 16. The summed E-state index contributed by atoms with van der Waals surface area (Å²) in [6, 6.07) is 0. The average Bonchev–Trinajstić information content (AvgIpc) is 3.66. The Hall–Kier alpha value is -3.41. The number of nitrogen functional groups attached to an aromatic ring is 2. The molecule has 4 aromatic rings. The largest absolute Gasteiger partial charge is 4.00 e. The summed E-state index contributed by atoms with van der Waals surface area (Å²) >= 11 is 0. The minimum atomic E-state index is -1.29. The number of aromatic nitrogens is 8. The minimum Gasteiger partial charge on any atom is -0.693 e. The third kappa shape index (κ3) is 6.30. The van der Waals surface area contributed by atoms with E-state index in [9.17, 15) is 30.0 Å². The van der Waals surface area contributed by atoms with E-state index in [4.69, 9.17) is 31.2 Å². The Labute approximate surface area is 253 Å². The van der Waals surface area contributed by atoms with Gasteiger partial charge in [-0.25, -0.2) is 9.97 Å². The quantitative estimate of drug-likeness (QED) is 0.0943. The summed E-state index contributed by atoms with van der Waals surface area (Å²) < 4.78 is 13.3. The van der Waals surface area contributed by atoms with Crippen LogP contribution >= 0.6 is 0 Å². The Bertz CT molecular complexity index is 1520. The summed E-state index contributed by atoms with van der Waals surface area (Å²) in [6.07, 6.45) is -6.43. The van der Waals surface area contributed by atoms with Gasteiger partial charge in [0.05, 0.1) is 25.9 Å². The third-order valence-electron chi connectivity index (χ3n) is 6.48. The molecule has 0 spiro atoms. The zero-order valence-electron chi connectivity index (χ0n) is 21.8. The molecule has 0 aromatic carbocycles. The number of aromatic amines is 2. The summed E-state index contributed by atoms with van der Waals surface area (Å²) in [7, 11) is 0. The number of nitrogens with one attached hydrogen (secondary N) is 2. The van der Waals surface area contributed by atoms with Crippen molar-refractivity contribution in [2.45, 2.75) is 49.1 Å². The van der Waals surface area contributed by atoms with Gasteiger partial charge in [0.2, 0.25) is 11.9 Å². The van der Waals surface area contributed by atoms with Crippen molar-refractivity contribution >= 4 is 34.2 Å². The molecule has 2 aliphatic rings. The van der Waals surface area contributed by atoms with Gasteiger partial charge in [0, 0.05) is 0 Å². The van der Waals surface area contributed by atoms with E-state index in [1.54, 1.807) is 0 Å². The van der Waals surface area contributed by atoms with E-state index in [0.29, 0.717) is 0 Å². The number of nitrogens with zero attached hydrogens (tertiary/aromatic N) is 6. The van der Waals surface area contributed by atoms with E-state index < -0.39 is 73.4 Å². The molecule has 22 nitrogen and oxygen atoms in total. The maximum Gasteiger partial charge on any atom is 4.00 e. The monoisotopic (exact) mass is 793 g/mol. The van der Waals surface area contributed by atoms with E-state index in [2.05, 4.69) is 29.9 Å². The van der Waals surface area contributed by atoms with Crippen LogP contribution in [0.25, 0.3) is 34.6 Å². The van der Waals surface area contributed by atoms with Gasteiger partial charge in [-0.3, -0.25) is 28.7 Å². The smallest absolute Gasteiger partial charge is 0.693 e. The van der Waals surface area contributed by atoms with Crippen LogP contribution in [-0.4, -0.2) is 120 Å². The van der Waals surface area contributed by atoms with Crippen molar-refractivity contribution in [3.05, 3.63) is 45.7 Å². The van der Waals surface area contributed by atoms with Gasteiger partial charge >= 0.3 is 21.1 Å². The van der Waals surface area contributed by atoms with Crippen molar-refractivity contribution in [1.29, 1.82) is 0 Å². The molecule has 0 aliphatic carbocycles. The topological polar surface area (TPSA) is 386 Å². The molecule has 0 radical (unpaired) electrons. The van der Waals surface area contributed by atoms with Crippen molar-refractivity contribution in [3.8, 4) is 0 Å². The number of aliphatic hydroxyl groups is 6. The molecule has 16 N–H and O–H groups in total. The standard InChI is InChI=1S/2C10H13N5O5.2H2N.Pt/c2*11-10-13-7-4(8(19)14-10)12-2-15(7)9-6(18)5(17)3(1-16)20-9;;;/h2*2-3,5-6,9,16-18H,1H2,(H3,11,13,14,19);2*1H2;/q;;2*-1;+4. The Kier molecular flexibility index (Phi) is 11.6. The average molecular weight is 794 g/mol. The van der Waals surface area contributed by atoms with Crippen LogP contribution in [0.1, 0.15) is 12.5 Å². The Morgan fingerprint density at radius 3 is 1.37 bits per heavy atom. The normalized spacial score (nSPS) is 28.0. The van der Waals surface area contributed by atoms with Crippen molar-refractivity contribution in [2.24, 2.45) is 0 Å². The molecule has 43 heavy (non-hydrogen) atoms. The molecule has 8 atom stereocenters. The van der Waals surface area contributed by atoms with Gasteiger partial charge in [-0.1, -0.05) is 0 Å². The van der Waals surface area contributed by atoms with E-state index in [1.165, 1.54) is 21.8 Å². The van der Waals surface area contributed by atoms with Crippen LogP contribution in [0.2, 0.25) is 0 Å². The molecule has 2 saturated heterocycles. The van der Waals surface area contributed by atoms with Gasteiger partial charge in [0.25, 0.3) is 11.1 Å². The number of hydrogen-bond donors (Lipinski definition) is 10. The maximum absolute atomic E-state index is 11.7. The molecule has 0 saturated carbocycles. The van der Waals surface area contributed by atoms with Gasteiger partial charge in [-0.05, 0) is 0 Å². The fourth-order valence-corrected chi connectivity index (χ4v) is 4.48. The zero-order valence-corrected chi connectivity index (χ0v) is 24.1. The zero-order chi connectivity index (χ0) is 28.9. The third-order valence-corrected chi connectivity index (χ3v) is 6.48. The number of anilines is 2. The summed E-state index contributed by atoms with van der Waals surface area (Å²) in [4.78, 5) is 43.5. The number of nitrogens with two attached hydrogens (primary N) is 4. The SMILES string of the molecule is Nc1nc2c(ncn2C2OC(CO)C(O)C2O)c(=O)[nH]1.Nc1nc2c(ncn2C2OC(CO)C(O)C2O)c(=O)[nH]1.[NH2-].[NH2-].[Pt+4]. The predicted molar refractivity (Wildman–Crippen MR) is 142 cm³/mol.